The SMILES string of the molecule is CCC[C@H](C(=O)Cn1cccn1)[C@@]1(C)CC[C@H]2[C@@H](CC=C3C[C@@](O)(CF)CC[C@@H]32)C1. The molecule has 2 fully saturated rings. The maximum absolute atomic E-state index is 13.3. The molecule has 0 radical (unpaired) electrons. The number of Topliss-reactive ketones (excluding diaryl/α,β-unsaturated/α-hetero) is 1. The number of fused-ring (bicyclic) bond motifs is 3. The average molecular weight is 417 g/mol. The van der Waals surface area contributed by atoms with E-state index in [4.69, 9.17) is 0 Å². The summed E-state index contributed by atoms with van der Waals surface area (Å²) in [4.78, 5) is 13.3. The van der Waals surface area contributed by atoms with Crippen molar-refractivity contribution in [1.29, 1.82) is 0 Å². The Bertz CT molecular complexity index is 776. The van der Waals surface area contributed by atoms with Gasteiger partial charge in [0, 0.05) is 18.3 Å². The van der Waals surface area contributed by atoms with E-state index in [1.54, 1.807) is 10.9 Å². The first-order valence-electron chi connectivity index (χ1n) is 11.8. The van der Waals surface area contributed by atoms with Crippen molar-refractivity contribution in [3.05, 3.63) is 30.1 Å². The van der Waals surface area contributed by atoms with Gasteiger partial charge in [0.2, 0.25) is 0 Å². The van der Waals surface area contributed by atoms with Crippen molar-refractivity contribution in [2.75, 3.05) is 6.67 Å². The molecular weight excluding hydrogens is 379 g/mol. The van der Waals surface area contributed by atoms with E-state index in [2.05, 4.69) is 25.0 Å². The fourth-order valence-corrected chi connectivity index (χ4v) is 6.88. The molecule has 6 atom stereocenters. The zero-order chi connectivity index (χ0) is 21.4. The van der Waals surface area contributed by atoms with Crippen LogP contribution in [0.5, 0.6) is 0 Å². The molecule has 30 heavy (non-hydrogen) atoms. The van der Waals surface area contributed by atoms with Gasteiger partial charge in [-0.15, -0.1) is 0 Å². The first kappa shape index (κ1) is 21.7. The van der Waals surface area contributed by atoms with Gasteiger partial charge in [0.25, 0.3) is 0 Å². The van der Waals surface area contributed by atoms with Gasteiger partial charge in [-0.2, -0.15) is 5.10 Å². The Morgan fingerprint density at radius 2 is 2.23 bits per heavy atom. The van der Waals surface area contributed by atoms with Gasteiger partial charge in [0.15, 0.2) is 5.78 Å². The van der Waals surface area contributed by atoms with Crippen molar-refractivity contribution < 1.29 is 14.3 Å². The van der Waals surface area contributed by atoms with Crippen LogP contribution in [-0.4, -0.2) is 32.9 Å². The molecule has 0 spiro atoms. The van der Waals surface area contributed by atoms with Crippen molar-refractivity contribution in [3.63, 3.8) is 0 Å². The number of halogens is 1. The van der Waals surface area contributed by atoms with Crippen molar-refractivity contribution in [2.24, 2.45) is 29.1 Å². The van der Waals surface area contributed by atoms with Crippen LogP contribution in [0.25, 0.3) is 0 Å². The molecule has 0 amide bonds. The Balaban J connectivity index is 1.48. The van der Waals surface area contributed by atoms with Gasteiger partial charge in [0.05, 0.1) is 12.1 Å². The molecule has 4 rings (SSSR count). The average Bonchev–Trinajstić information content (AvgIpc) is 3.24. The van der Waals surface area contributed by atoms with Gasteiger partial charge < -0.3 is 5.11 Å². The van der Waals surface area contributed by atoms with Gasteiger partial charge in [0.1, 0.15) is 6.67 Å². The highest BCUT2D eigenvalue weighted by Gasteiger charge is 2.49. The zero-order valence-electron chi connectivity index (χ0n) is 18.5. The van der Waals surface area contributed by atoms with Crippen LogP contribution in [0.4, 0.5) is 4.39 Å². The van der Waals surface area contributed by atoms with Crippen molar-refractivity contribution in [3.8, 4) is 0 Å². The third-order valence-corrected chi connectivity index (χ3v) is 8.45. The number of rotatable bonds is 7. The van der Waals surface area contributed by atoms with Gasteiger partial charge in [-0.25, -0.2) is 4.39 Å². The molecule has 166 valence electrons. The molecule has 5 heteroatoms. The molecule has 0 aliphatic heterocycles. The predicted molar refractivity (Wildman–Crippen MR) is 116 cm³/mol. The van der Waals surface area contributed by atoms with Crippen LogP contribution in [-0.2, 0) is 11.3 Å². The maximum atomic E-state index is 13.3. The van der Waals surface area contributed by atoms with Gasteiger partial charge in [-0.3, -0.25) is 9.48 Å². The third kappa shape index (κ3) is 4.15. The van der Waals surface area contributed by atoms with Crippen LogP contribution in [0.3, 0.4) is 0 Å². The van der Waals surface area contributed by atoms with Crippen LogP contribution in [0.15, 0.2) is 30.1 Å². The van der Waals surface area contributed by atoms with E-state index in [0.717, 1.165) is 44.9 Å². The molecule has 0 saturated heterocycles. The molecule has 3 aliphatic carbocycles. The van der Waals surface area contributed by atoms with E-state index in [9.17, 15) is 14.3 Å². The van der Waals surface area contributed by atoms with Crippen molar-refractivity contribution in [2.45, 2.75) is 83.8 Å². The standard InChI is InChI=1S/C25H37FN2O2/c1-3-5-22(23(29)16-28-13-4-12-27-28)24(2)10-8-20-18(14-24)6-7-19-15-25(30,17-26)11-9-21(19)20/h4,7,12-13,18,20-22,30H,3,5-6,8-11,14-17H2,1-2H3/t18-,20-,21-,22+,24-,25+/m0/s1. The lowest BCUT2D eigenvalue weighted by Gasteiger charge is -2.52. The highest BCUT2D eigenvalue weighted by molar-refractivity contribution is 5.81. The molecule has 4 nitrogen and oxygen atoms in total. The number of carbonyl (C=O) groups is 1. The van der Waals surface area contributed by atoms with Crippen LogP contribution in [0.2, 0.25) is 0 Å². The third-order valence-electron chi connectivity index (χ3n) is 8.45. The quantitative estimate of drug-likeness (QED) is 0.628. The maximum Gasteiger partial charge on any atom is 0.157 e. The van der Waals surface area contributed by atoms with Crippen molar-refractivity contribution >= 4 is 5.78 Å². The topological polar surface area (TPSA) is 55.1 Å². The number of ketones is 1. The minimum atomic E-state index is -1.14. The number of alkyl halides is 1. The Morgan fingerprint density at radius 3 is 2.93 bits per heavy atom. The molecule has 2 saturated carbocycles. The summed E-state index contributed by atoms with van der Waals surface area (Å²) in [5, 5.41) is 14.7. The second-order valence-electron chi connectivity index (χ2n) is 10.5. The largest absolute Gasteiger partial charge is 0.387 e. The fraction of sp³-hybridized carbons (Fsp3) is 0.760. The number of nitrogens with zero attached hydrogens (tertiary/aromatic N) is 2. The lowest BCUT2D eigenvalue weighted by atomic mass is 9.53. The Labute approximate surface area is 179 Å². The van der Waals surface area contributed by atoms with E-state index in [0.29, 0.717) is 42.9 Å². The van der Waals surface area contributed by atoms with E-state index < -0.39 is 12.3 Å². The van der Waals surface area contributed by atoms with Crippen LogP contribution in [0.1, 0.15) is 71.6 Å². The van der Waals surface area contributed by atoms with Crippen LogP contribution in [0, 0.1) is 29.1 Å². The van der Waals surface area contributed by atoms with Gasteiger partial charge >= 0.3 is 0 Å². The number of carbonyl (C=O) groups excluding carboxylic acids is 1. The number of hydrogen-bond donors (Lipinski definition) is 1. The normalized spacial score (nSPS) is 37.1. The number of allylic oxidation sites excluding steroid dienone is 1. The monoisotopic (exact) mass is 416 g/mol. The number of aliphatic hydroxyl groups is 1. The summed E-state index contributed by atoms with van der Waals surface area (Å²) in [6.07, 6.45) is 14.2. The van der Waals surface area contributed by atoms with Gasteiger partial charge in [-0.1, -0.05) is 31.9 Å². The van der Waals surface area contributed by atoms with Crippen molar-refractivity contribution in [1.82, 2.24) is 9.78 Å². The summed E-state index contributed by atoms with van der Waals surface area (Å²) in [6.45, 7) is 4.25. The summed E-state index contributed by atoms with van der Waals surface area (Å²) in [5.74, 6) is 2.14. The molecule has 1 aromatic rings. The highest BCUT2D eigenvalue weighted by atomic mass is 19.1. The predicted octanol–water partition coefficient (Wildman–Crippen LogP) is 5.12. The molecule has 1 aromatic heterocycles. The van der Waals surface area contributed by atoms with E-state index in [-0.39, 0.29) is 11.3 Å². The molecule has 0 bridgehead atoms. The van der Waals surface area contributed by atoms with E-state index in [1.807, 2.05) is 12.3 Å². The second kappa shape index (κ2) is 8.57. The lowest BCUT2D eigenvalue weighted by Crippen LogP contribution is -2.47. The summed E-state index contributed by atoms with van der Waals surface area (Å²) in [5.41, 5.74) is 0.205. The molecule has 0 aromatic carbocycles. The Morgan fingerprint density at radius 1 is 1.40 bits per heavy atom. The Hall–Kier alpha value is -1.49. The van der Waals surface area contributed by atoms with E-state index in [1.165, 1.54) is 5.57 Å². The highest BCUT2D eigenvalue weighted by Crippen LogP contribution is 2.56. The van der Waals surface area contributed by atoms with Gasteiger partial charge in [-0.05, 0) is 80.6 Å². The van der Waals surface area contributed by atoms with E-state index >= 15 is 0 Å². The first-order valence-corrected chi connectivity index (χ1v) is 11.8. The number of aromatic nitrogens is 2. The van der Waals surface area contributed by atoms with Crippen LogP contribution < -0.4 is 0 Å². The summed E-state index contributed by atoms with van der Waals surface area (Å²) >= 11 is 0. The molecular formula is C25H37FN2O2. The summed E-state index contributed by atoms with van der Waals surface area (Å²) in [6, 6.07) is 1.87. The molecule has 1 heterocycles. The minimum absolute atomic E-state index is 0.0428. The first-order chi connectivity index (χ1) is 14.4. The summed E-state index contributed by atoms with van der Waals surface area (Å²) in [7, 11) is 0. The molecule has 1 N–H and O–H groups in total. The summed E-state index contributed by atoms with van der Waals surface area (Å²) < 4.78 is 15.1. The fourth-order valence-electron chi connectivity index (χ4n) is 6.88. The second-order valence-corrected chi connectivity index (χ2v) is 10.5. The molecule has 0 unspecified atom stereocenters. The molecule has 3 aliphatic rings. The lowest BCUT2D eigenvalue weighted by molar-refractivity contribution is -0.130. The smallest absolute Gasteiger partial charge is 0.157 e. The van der Waals surface area contributed by atoms with Crippen LogP contribution >= 0.6 is 0 Å². The zero-order valence-corrected chi connectivity index (χ0v) is 18.5. The minimum Gasteiger partial charge on any atom is -0.387 e. The Kier molecular flexibility index (Phi) is 6.20. The number of hydrogen-bond acceptors (Lipinski definition) is 3.